The number of unbranched alkanes of at least 4 members (excludes halogenated alkanes) is 1. The molecule has 3 heteroatoms. The predicted octanol–water partition coefficient (Wildman–Crippen LogP) is 3.81. The van der Waals surface area contributed by atoms with Crippen molar-refractivity contribution in [2.45, 2.75) is 59.3 Å². The van der Waals surface area contributed by atoms with Gasteiger partial charge in [0.05, 0.1) is 7.11 Å². The first-order chi connectivity index (χ1) is 8.39. The first kappa shape index (κ1) is 17.4. The Balaban J connectivity index is 3.89. The summed E-state index contributed by atoms with van der Waals surface area (Å²) in [7, 11) is 3.20. The third-order valence-electron chi connectivity index (χ3n) is 3.10. The molecule has 0 fully saturated rings. The second-order valence-electron chi connectivity index (χ2n) is 6.23. The number of rotatable bonds is 9. The summed E-state index contributed by atoms with van der Waals surface area (Å²) in [4.78, 5) is 11.0. The quantitative estimate of drug-likeness (QED) is 0.466. The minimum Gasteiger partial charge on any atom is -0.469 e. The Kier molecular flexibility index (Phi) is 9.08. The van der Waals surface area contributed by atoms with Gasteiger partial charge in [0.1, 0.15) is 0 Å². The zero-order valence-electron chi connectivity index (χ0n) is 12.8. The lowest BCUT2D eigenvalue weighted by atomic mass is 9.81. The van der Waals surface area contributed by atoms with Gasteiger partial charge in [-0.3, -0.25) is 4.79 Å². The van der Waals surface area contributed by atoms with E-state index in [0.717, 1.165) is 25.9 Å². The zero-order valence-corrected chi connectivity index (χ0v) is 12.8. The fraction of sp³-hybridized carbons (Fsp3) is 0.933. The topological polar surface area (TPSA) is 35.5 Å². The number of esters is 1. The molecular formula is C15H30O3. The van der Waals surface area contributed by atoms with E-state index in [1.165, 1.54) is 20.0 Å². The number of carbonyl (C=O) groups is 1. The van der Waals surface area contributed by atoms with Gasteiger partial charge in [-0.2, -0.15) is 0 Å². The molecule has 0 rings (SSSR count). The maximum atomic E-state index is 11.0. The lowest BCUT2D eigenvalue weighted by molar-refractivity contribution is -0.140. The third kappa shape index (κ3) is 10.6. The Morgan fingerprint density at radius 2 is 1.78 bits per heavy atom. The van der Waals surface area contributed by atoms with Gasteiger partial charge in [0.25, 0.3) is 0 Å². The summed E-state index contributed by atoms with van der Waals surface area (Å²) in [5.74, 6) is 0.599. The van der Waals surface area contributed by atoms with Crippen LogP contribution in [0.4, 0.5) is 0 Å². The Labute approximate surface area is 112 Å². The van der Waals surface area contributed by atoms with E-state index in [-0.39, 0.29) is 5.97 Å². The second-order valence-corrected chi connectivity index (χ2v) is 6.23. The van der Waals surface area contributed by atoms with E-state index in [0.29, 0.717) is 17.8 Å². The maximum Gasteiger partial charge on any atom is 0.305 e. The molecular weight excluding hydrogens is 228 g/mol. The predicted molar refractivity (Wildman–Crippen MR) is 74.5 cm³/mol. The molecule has 0 aromatic rings. The van der Waals surface area contributed by atoms with Crippen LogP contribution < -0.4 is 0 Å². The van der Waals surface area contributed by atoms with Crippen molar-refractivity contribution in [1.29, 1.82) is 0 Å². The van der Waals surface area contributed by atoms with Gasteiger partial charge in [0, 0.05) is 20.1 Å². The van der Waals surface area contributed by atoms with Crippen molar-refractivity contribution in [2.75, 3.05) is 20.8 Å². The van der Waals surface area contributed by atoms with Gasteiger partial charge in [-0.05, 0) is 30.6 Å². The van der Waals surface area contributed by atoms with E-state index >= 15 is 0 Å². The molecule has 0 aromatic heterocycles. The first-order valence-electron chi connectivity index (χ1n) is 6.95. The Morgan fingerprint density at radius 3 is 2.28 bits per heavy atom. The van der Waals surface area contributed by atoms with Crippen LogP contribution in [0.25, 0.3) is 0 Å². The minimum atomic E-state index is -0.0979. The Hall–Kier alpha value is -0.570. The van der Waals surface area contributed by atoms with Crippen molar-refractivity contribution in [2.24, 2.45) is 11.3 Å². The molecule has 1 atom stereocenters. The van der Waals surface area contributed by atoms with E-state index in [9.17, 15) is 4.79 Å². The largest absolute Gasteiger partial charge is 0.469 e. The van der Waals surface area contributed by atoms with E-state index in [2.05, 4.69) is 25.5 Å². The van der Waals surface area contributed by atoms with Crippen LogP contribution >= 0.6 is 0 Å². The van der Waals surface area contributed by atoms with Crippen LogP contribution in [-0.2, 0) is 14.3 Å². The van der Waals surface area contributed by atoms with E-state index in [1.54, 1.807) is 7.11 Å². The lowest BCUT2D eigenvalue weighted by Gasteiger charge is -2.26. The lowest BCUT2D eigenvalue weighted by Crippen LogP contribution is -2.15. The number of ether oxygens (including phenoxy) is 2. The molecule has 0 bridgehead atoms. The molecule has 0 radical (unpaired) electrons. The summed E-state index contributed by atoms with van der Waals surface area (Å²) in [6.07, 6.45) is 6.08. The highest BCUT2D eigenvalue weighted by Crippen LogP contribution is 2.29. The van der Waals surface area contributed by atoms with Gasteiger partial charge in [-0.1, -0.05) is 33.6 Å². The first-order valence-corrected chi connectivity index (χ1v) is 6.95. The highest BCUT2D eigenvalue weighted by atomic mass is 16.5. The SMILES string of the molecule is COCC[C@H](CCCCC(=O)OC)CC(C)(C)C. The molecule has 0 aromatic carbocycles. The fourth-order valence-electron chi connectivity index (χ4n) is 2.30. The summed E-state index contributed by atoms with van der Waals surface area (Å²) < 4.78 is 9.82. The molecule has 0 heterocycles. The molecule has 0 unspecified atom stereocenters. The molecule has 0 aliphatic rings. The highest BCUT2D eigenvalue weighted by Gasteiger charge is 2.18. The number of methoxy groups -OCH3 is 2. The van der Waals surface area contributed by atoms with Crippen molar-refractivity contribution >= 4 is 5.97 Å². The van der Waals surface area contributed by atoms with Gasteiger partial charge in [0.2, 0.25) is 0 Å². The second kappa shape index (κ2) is 9.37. The van der Waals surface area contributed by atoms with Crippen LogP contribution in [0.5, 0.6) is 0 Å². The van der Waals surface area contributed by atoms with Crippen molar-refractivity contribution in [3.05, 3.63) is 0 Å². The molecule has 0 aliphatic carbocycles. The van der Waals surface area contributed by atoms with Crippen LogP contribution in [0.15, 0.2) is 0 Å². The van der Waals surface area contributed by atoms with Crippen molar-refractivity contribution < 1.29 is 14.3 Å². The average Bonchev–Trinajstić information content (AvgIpc) is 2.29. The molecule has 18 heavy (non-hydrogen) atoms. The van der Waals surface area contributed by atoms with Gasteiger partial charge in [-0.15, -0.1) is 0 Å². The van der Waals surface area contributed by atoms with Gasteiger partial charge in [-0.25, -0.2) is 0 Å². The van der Waals surface area contributed by atoms with Crippen LogP contribution in [-0.4, -0.2) is 26.8 Å². The number of hydrogen-bond donors (Lipinski definition) is 0. The van der Waals surface area contributed by atoms with Crippen LogP contribution in [0.1, 0.15) is 59.3 Å². The Bertz CT molecular complexity index is 218. The summed E-state index contributed by atoms with van der Waals surface area (Å²) in [6, 6.07) is 0. The normalized spacial score (nSPS) is 13.4. The van der Waals surface area contributed by atoms with Gasteiger partial charge in [0.15, 0.2) is 0 Å². The standard InChI is InChI=1S/C15H30O3/c1-15(2,3)12-13(10-11-17-4)8-6-7-9-14(16)18-5/h13H,6-12H2,1-5H3/t13-/m0/s1. The molecule has 0 saturated heterocycles. The number of hydrogen-bond acceptors (Lipinski definition) is 3. The van der Waals surface area contributed by atoms with Crippen molar-refractivity contribution in [3.8, 4) is 0 Å². The molecule has 0 saturated carbocycles. The molecule has 0 N–H and O–H groups in total. The smallest absolute Gasteiger partial charge is 0.305 e. The van der Waals surface area contributed by atoms with E-state index < -0.39 is 0 Å². The summed E-state index contributed by atoms with van der Waals surface area (Å²) in [5, 5.41) is 0. The zero-order chi connectivity index (χ0) is 14.0. The highest BCUT2D eigenvalue weighted by molar-refractivity contribution is 5.68. The Morgan fingerprint density at radius 1 is 1.11 bits per heavy atom. The molecule has 0 aliphatic heterocycles. The van der Waals surface area contributed by atoms with Gasteiger partial charge >= 0.3 is 5.97 Å². The molecule has 3 nitrogen and oxygen atoms in total. The number of carbonyl (C=O) groups excluding carboxylic acids is 1. The summed E-state index contributed by atoms with van der Waals surface area (Å²) in [6.45, 7) is 7.67. The van der Waals surface area contributed by atoms with Crippen molar-refractivity contribution in [1.82, 2.24) is 0 Å². The third-order valence-corrected chi connectivity index (χ3v) is 3.10. The van der Waals surface area contributed by atoms with Crippen LogP contribution in [0.3, 0.4) is 0 Å². The van der Waals surface area contributed by atoms with Crippen LogP contribution in [0.2, 0.25) is 0 Å². The molecule has 0 amide bonds. The van der Waals surface area contributed by atoms with Crippen LogP contribution in [0, 0.1) is 11.3 Å². The molecule has 0 spiro atoms. The summed E-state index contributed by atoms with van der Waals surface area (Å²) >= 11 is 0. The molecule has 108 valence electrons. The summed E-state index contributed by atoms with van der Waals surface area (Å²) in [5.41, 5.74) is 0.362. The average molecular weight is 258 g/mol. The van der Waals surface area contributed by atoms with E-state index in [1.807, 2.05) is 0 Å². The van der Waals surface area contributed by atoms with E-state index in [4.69, 9.17) is 4.74 Å². The fourth-order valence-corrected chi connectivity index (χ4v) is 2.30. The maximum absolute atomic E-state index is 11.0. The monoisotopic (exact) mass is 258 g/mol. The minimum absolute atomic E-state index is 0.0979. The van der Waals surface area contributed by atoms with Gasteiger partial charge < -0.3 is 9.47 Å². The van der Waals surface area contributed by atoms with Crippen molar-refractivity contribution in [3.63, 3.8) is 0 Å².